The van der Waals surface area contributed by atoms with Gasteiger partial charge in [-0.1, -0.05) is 86.0 Å². The number of nitriles is 2. The van der Waals surface area contributed by atoms with Crippen LogP contribution in [-0.4, -0.2) is 152 Å². The van der Waals surface area contributed by atoms with E-state index >= 15 is 0 Å². The molecular weight excluding hydrogens is 1510 g/mol. The van der Waals surface area contributed by atoms with Crippen molar-refractivity contribution in [3.63, 3.8) is 0 Å². The topological polar surface area (TPSA) is 331 Å². The number of benzene rings is 4. The number of aromatic nitrogens is 8. The molecule has 2 saturated carbocycles. The van der Waals surface area contributed by atoms with Crippen molar-refractivity contribution in [3.05, 3.63) is 233 Å². The van der Waals surface area contributed by atoms with E-state index in [2.05, 4.69) is 123 Å². The molecule has 14 rings (SSSR count). The maximum absolute atomic E-state index is 13.4. The minimum absolute atomic E-state index is 0. The van der Waals surface area contributed by atoms with Crippen molar-refractivity contribution in [2.45, 2.75) is 126 Å². The molecular formula is C88H99Cl2N15O11. The number of amides is 1. The van der Waals surface area contributed by atoms with Gasteiger partial charge in [0.1, 0.15) is 65.3 Å². The molecule has 10 aromatic rings. The number of aldehydes is 1. The number of hydrogen-bond donors (Lipinski definition) is 4. The number of halogens is 2. The van der Waals surface area contributed by atoms with Crippen molar-refractivity contribution in [2.75, 3.05) is 81.9 Å². The predicted octanol–water partition coefficient (Wildman–Crippen LogP) is 13.2. The van der Waals surface area contributed by atoms with E-state index < -0.39 is 22.5 Å². The third-order valence-corrected chi connectivity index (χ3v) is 23.1. The van der Waals surface area contributed by atoms with Gasteiger partial charge in [-0.15, -0.1) is 0 Å². The van der Waals surface area contributed by atoms with Crippen molar-refractivity contribution < 1.29 is 33.3 Å². The van der Waals surface area contributed by atoms with Gasteiger partial charge in [-0.2, -0.15) is 10.5 Å². The first-order chi connectivity index (χ1) is 55.2. The van der Waals surface area contributed by atoms with E-state index in [0.29, 0.717) is 87.0 Å². The normalized spacial score (nSPS) is 18.1. The molecule has 0 spiro atoms. The molecule has 116 heavy (non-hydrogen) atoms. The van der Waals surface area contributed by atoms with Gasteiger partial charge in [0.25, 0.3) is 17.0 Å². The number of unbranched alkanes of at least 4 members (excludes halogenated alkanes) is 4. The summed E-state index contributed by atoms with van der Waals surface area (Å²) in [6.45, 7) is 26.5. The van der Waals surface area contributed by atoms with Crippen molar-refractivity contribution in [2.24, 2.45) is 27.6 Å². The quantitative estimate of drug-likeness (QED) is 0.0222. The Bertz CT molecular complexity index is 5470. The molecule has 26 nitrogen and oxygen atoms in total. The van der Waals surface area contributed by atoms with Crippen molar-refractivity contribution >= 4 is 74.4 Å². The number of rotatable bonds is 26. The molecule has 4 fully saturated rings. The van der Waals surface area contributed by atoms with Crippen LogP contribution in [0.15, 0.2) is 178 Å². The third-order valence-electron chi connectivity index (χ3n) is 22.5. The van der Waals surface area contributed by atoms with Crippen LogP contribution in [-0.2, 0) is 4.79 Å². The Hall–Kier alpha value is -11.6. The van der Waals surface area contributed by atoms with Gasteiger partial charge in [-0.05, 0) is 129 Å². The molecule has 0 bridgehead atoms. The number of nitrogens with zero attached hydrogens (tertiary/aromatic N) is 11. The Morgan fingerprint density at radius 1 is 0.552 bits per heavy atom. The SMILES string of the molecule is C.CC1(C)C(CC(=O)c2ccc(N3CCNCC3)nc2)C(C)(C)C1Oc1ccc(C#N)c(Cl)c1.CC1(C)C(NC(=O)c2ccc(N3CCN(CCCCCOc4ccc5c(-n6ccc(=O)[nH]c6=O)cncc5c4)CC3)nc2)C(C)(C)C1Oc1ccc(C#N)c(Cl)c1.O=CCCCCOc1ccc2c(-n3ccc(=O)[nH]c3=O)cncc2c1. The first-order valence-corrected chi connectivity index (χ1v) is 39.4. The van der Waals surface area contributed by atoms with Gasteiger partial charge in [0.05, 0.1) is 63.7 Å². The molecule has 4 N–H and O–H groups in total. The van der Waals surface area contributed by atoms with Crippen LogP contribution in [0.4, 0.5) is 11.6 Å². The fourth-order valence-electron chi connectivity index (χ4n) is 16.8. The van der Waals surface area contributed by atoms with Crippen LogP contribution in [0.5, 0.6) is 23.0 Å². The summed E-state index contributed by atoms with van der Waals surface area (Å²) in [5, 5.41) is 28.9. The Morgan fingerprint density at radius 2 is 1.03 bits per heavy atom. The minimum Gasteiger partial charge on any atom is -0.494 e. The van der Waals surface area contributed by atoms with Crippen LogP contribution in [0, 0.1) is 50.2 Å². The maximum Gasteiger partial charge on any atom is 0.332 e. The van der Waals surface area contributed by atoms with Gasteiger partial charge < -0.3 is 44.2 Å². The lowest BCUT2D eigenvalue weighted by Gasteiger charge is -2.63. The number of carbonyl (C=O) groups is 3. The predicted molar refractivity (Wildman–Crippen MR) is 450 cm³/mol. The molecule has 2 aliphatic carbocycles. The number of ketones is 1. The van der Waals surface area contributed by atoms with Crippen LogP contribution in [0.25, 0.3) is 32.9 Å². The van der Waals surface area contributed by atoms with E-state index in [-0.39, 0.29) is 64.9 Å². The van der Waals surface area contributed by atoms with Crippen molar-refractivity contribution in [3.8, 4) is 46.5 Å². The van der Waals surface area contributed by atoms with Crippen LogP contribution < -0.4 is 61.9 Å². The molecule has 1 amide bonds. The smallest absolute Gasteiger partial charge is 0.332 e. The summed E-state index contributed by atoms with van der Waals surface area (Å²) in [6.07, 6.45) is 19.1. The molecule has 0 unspecified atom stereocenters. The summed E-state index contributed by atoms with van der Waals surface area (Å²) >= 11 is 12.4. The number of carbonyl (C=O) groups excluding carboxylic acids is 3. The summed E-state index contributed by atoms with van der Waals surface area (Å²) in [4.78, 5) is 113. The molecule has 4 aliphatic rings. The minimum atomic E-state index is -0.516. The van der Waals surface area contributed by atoms with Crippen LogP contribution in [0.1, 0.15) is 140 Å². The van der Waals surface area contributed by atoms with E-state index in [9.17, 15) is 38.8 Å². The van der Waals surface area contributed by atoms with Crippen LogP contribution in [0.3, 0.4) is 0 Å². The third kappa shape index (κ3) is 19.5. The van der Waals surface area contributed by atoms with E-state index in [4.69, 9.17) is 47.4 Å². The molecule has 0 radical (unpaired) electrons. The summed E-state index contributed by atoms with van der Waals surface area (Å²) in [5.41, 5.74) is 0.126. The Balaban J connectivity index is 0.000000189. The highest BCUT2D eigenvalue weighted by molar-refractivity contribution is 6.32. The molecule has 6 aromatic heterocycles. The average Bonchev–Trinajstić information content (AvgIpc) is 0.708. The van der Waals surface area contributed by atoms with Gasteiger partial charge in [0.2, 0.25) is 0 Å². The number of anilines is 2. The Morgan fingerprint density at radius 3 is 1.49 bits per heavy atom. The highest BCUT2D eigenvalue weighted by Crippen LogP contribution is 2.62. The fraction of sp³-hybridized carbons (Fsp3) is 0.398. The zero-order chi connectivity index (χ0) is 81.8. The second kappa shape index (κ2) is 37.4. The van der Waals surface area contributed by atoms with Gasteiger partial charge >= 0.3 is 11.4 Å². The van der Waals surface area contributed by atoms with E-state index in [1.807, 2.05) is 60.7 Å². The molecule has 0 atom stereocenters. The molecule has 2 saturated heterocycles. The Labute approximate surface area is 683 Å². The van der Waals surface area contributed by atoms with Gasteiger partial charge in [0.15, 0.2) is 5.78 Å². The van der Waals surface area contributed by atoms with Gasteiger partial charge in [-0.25, -0.2) is 19.6 Å². The summed E-state index contributed by atoms with van der Waals surface area (Å²) in [7, 11) is 0. The maximum atomic E-state index is 13.4. The van der Waals surface area contributed by atoms with Crippen molar-refractivity contribution in [1.82, 2.24) is 54.6 Å². The number of Topliss-reactive ketones (excluding diaryl/α,β-unsaturated/α-hetero) is 1. The standard InChI is InChI=1S/C43H47ClN8O5.C26H31ClN4O2.C18H17N3O4.CH4/c1-42(2)39(43(3,4)40(42)57-32-10-8-28(24-45)34(44)23-32)49-38(54)29-9-13-36(47-26-29)51-19-17-50(18-20-51)15-6-5-7-21-56-31-11-12-33-30(22-31)25-46-27-35(33)52-16-14-37(53)48-41(52)55;1-25(2)22(26(3,4)24(25)33-19-7-5-17(15-28)20(27)13-19)14-21(32)18-6-8-23(30-16-18)31-11-9-29-10-12-31;22-8-2-1-3-9-25-14-4-5-15-13(10-14)11-19-12-16(15)21-7-6-17(23)20-18(21)24;/h8-14,16,22-23,25-27,39-40H,5-7,15,17-21H2,1-4H3,(H,49,54)(H,48,53,55);5-8,13,16,22,24,29H,9-12,14H2,1-4H3;4-8,10-12H,1-3,9H2,(H,20,23,24);1H4. The summed E-state index contributed by atoms with van der Waals surface area (Å²) < 4.78 is 27.1. The Kier molecular flexibility index (Phi) is 27.5. The monoisotopic (exact) mass is 1610 g/mol. The average molecular weight is 1610 g/mol. The molecule has 8 heterocycles. The van der Waals surface area contributed by atoms with Crippen LogP contribution >= 0.6 is 23.2 Å². The second-order valence-corrected chi connectivity index (χ2v) is 32.5. The number of pyridine rings is 4. The number of ether oxygens (including phenoxy) is 4. The van der Waals surface area contributed by atoms with E-state index in [1.165, 1.54) is 33.7 Å². The number of fused-ring (bicyclic) bond motifs is 2. The number of piperazine rings is 2. The zero-order valence-corrected chi connectivity index (χ0v) is 67.3. The lowest BCUT2D eigenvalue weighted by Crippen LogP contribution is -2.74. The fourth-order valence-corrected chi connectivity index (χ4v) is 17.3. The highest BCUT2D eigenvalue weighted by atomic mass is 35.5. The molecule has 606 valence electrons. The summed E-state index contributed by atoms with van der Waals surface area (Å²) in [6, 6.07) is 35.7. The number of H-pyrrole nitrogens is 2. The van der Waals surface area contributed by atoms with Gasteiger partial charge in [0, 0.05) is 181 Å². The first-order valence-electron chi connectivity index (χ1n) is 38.7. The lowest BCUT2D eigenvalue weighted by molar-refractivity contribution is -0.196. The number of aromatic amines is 2. The highest BCUT2D eigenvalue weighted by Gasteiger charge is 2.65. The zero-order valence-electron chi connectivity index (χ0n) is 65.8. The second-order valence-electron chi connectivity index (χ2n) is 31.7. The number of nitrogens with one attached hydrogen (secondary N) is 4. The number of hydrogen-bond acceptors (Lipinski definition) is 21. The lowest BCUT2D eigenvalue weighted by atomic mass is 9.44. The molecule has 4 aromatic carbocycles. The van der Waals surface area contributed by atoms with Crippen LogP contribution in [0.2, 0.25) is 10.0 Å². The largest absolute Gasteiger partial charge is 0.494 e. The van der Waals surface area contributed by atoms with E-state index in [1.54, 1.807) is 73.6 Å². The summed E-state index contributed by atoms with van der Waals surface area (Å²) in [5.74, 6) is 4.57. The molecule has 2 aliphatic heterocycles. The van der Waals surface area contributed by atoms with Gasteiger partial charge in [-0.3, -0.25) is 53.1 Å². The van der Waals surface area contributed by atoms with E-state index in [0.717, 1.165) is 136 Å². The molecule has 28 heteroatoms. The first kappa shape index (κ1) is 85.3. The van der Waals surface area contributed by atoms with Crippen molar-refractivity contribution in [1.29, 1.82) is 10.5 Å².